The average molecular weight is 374 g/mol. The first kappa shape index (κ1) is 19.4. The second-order valence-corrected chi connectivity index (χ2v) is 6.85. The minimum atomic E-state index is -1.62. The Morgan fingerprint density at radius 1 is 1.28 bits per heavy atom. The van der Waals surface area contributed by atoms with Gasteiger partial charge in [0.2, 0.25) is 5.91 Å². The van der Waals surface area contributed by atoms with Crippen LogP contribution in [0.5, 0.6) is 0 Å². The zero-order valence-electron chi connectivity index (χ0n) is 14.0. The number of amides is 1. The molecule has 1 aliphatic rings. The first-order valence-corrected chi connectivity index (χ1v) is 9.16. The fourth-order valence-corrected chi connectivity index (χ4v) is 3.45. The predicted molar refractivity (Wildman–Crippen MR) is 94.4 cm³/mol. The first-order valence-electron chi connectivity index (χ1n) is 7.88. The average Bonchev–Trinajstić information content (AvgIpc) is 3.06. The minimum absolute atomic E-state index is 0.184. The molecule has 0 spiro atoms. The lowest BCUT2D eigenvalue weighted by Crippen LogP contribution is -2.45. The summed E-state index contributed by atoms with van der Waals surface area (Å²) in [5, 5.41) is 8.88. The Labute approximate surface area is 148 Å². The number of hydrogen-bond donors (Lipinski definition) is 3. The molecule has 2 unspecified atom stereocenters. The summed E-state index contributed by atoms with van der Waals surface area (Å²) in [4.78, 5) is 15.9. The number of thioether (sulfide) groups is 1. The van der Waals surface area contributed by atoms with Crippen molar-refractivity contribution in [2.24, 2.45) is 4.99 Å². The van der Waals surface area contributed by atoms with E-state index in [1.165, 1.54) is 0 Å². The van der Waals surface area contributed by atoms with Crippen LogP contribution in [0.25, 0.3) is 0 Å². The lowest BCUT2D eigenvalue weighted by molar-refractivity contribution is -0.115. The molecule has 0 heterocycles. The Morgan fingerprint density at radius 3 is 2.68 bits per heavy atom. The maximum atomic E-state index is 13.5. The summed E-state index contributed by atoms with van der Waals surface area (Å²) < 4.78 is 39.6. The normalized spacial score (nSPS) is 20.4. The number of nitrogens with one attached hydrogen (secondary N) is 3. The smallest absolute Gasteiger partial charge is 0.243 e. The summed E-state index contributed by atoms with van der Waals surface area (Å²) in [6, 6.07) is 2.01. The fraction of sp³-hybridized carbons (Fsp3) is 0.500. The van der Waals surface area contributed by atoms with Crippen LogP contribution in [0.3, 0.4) is 0 Å². The number of benzene rings is 1. The van der Waals surface area contributed by atoms with Crippen molar-refractivity contribution in [2.75, 3.05) is 25.2 Å². The molecule has 1 aromatic rings. The number of rotatable bonds is 5. The van der Waals surface area contributed by atoms with Crippen molar-refractivity contribution in [3.05, 3.63) is 29.6 Å². The van der Waals surface area contributed by atoms with Gasteiger partial charge in [-0.1, -0.05) is 0 Å². The molecule has 0 saturated heterocycles. The molecule has 0 radical (unpaired) electrons. The highest BCUT2D eigenvalue weighted by Crippen LogP contribution is 2.28. The highest BCUT2D eigenvalue weighted by Gasteiger charge is 2.24. The van der Waals surface area contributed by atoms with Crippen LogP contribution in [0.4, 0.5) is 18.9 Å². The van der Waals surface area contributed by atoms with Gasteiger partial charge in [-0.2, -0.15) is 11.8 Å². The van der Waals surface area contributed by atoms with Gasteiger partial charge in [-0.15, -0.1) is 0 Å². The van der Waals surface area contributed by atoms with Gasteiger partial charge in [0.25, 0.3) is 0 Å². The Balaban J connectivity index is 1.83. The zero-order chi connectivity index (χ0) is 18.4. The van der Waals surface area contributed by atoms with Crippen molar-refractivity contribution in [1.82, 2.24) is 10.6 Å². The maximum Gasteiger partial charge on any atom is 0.243 e. The van der Waals surface area contributed by atoms with Crippen LogP contribution in [0.15, 0.2) is 17.1 Å². The quantitative estimate of drug-likeness (QED) is 0.421. The SMILES string of the molecule is CN=C(NCC(=O)Nc1ccc(F)c(F)c1F)NC1CCC(SC)C1. The van der Waals surface area contributed by atoms with E-state index in [1.807, 2.05) is 11.8 Å². The van der Waals surface area contributed by atoms with E-state index in [0.717, 1.165) is 31.4 Å². The highest BCUT2D eigenvalue weighted by molar-refractivity contribution is 7.99. The summed E-state index contributed by atoms with van der Waals surface area (Å²) in [6.07, 6.45) is 5.26. The number of anilines is 1. The molecule has 1 saturated carbocycles. The number of guanidine groups is 1. The summed E-state index contributed by atoms with van der Waals surface area (Å²) in [5.41, 5.74) is -0.410. The van der Waals surface area contributed by atoms with E-state index in [2.05, 4.69) is 27.2 Å². The zero-order valence-corrected chi connectivity index (χ0v) is 14.9. The minimum Gasteiger partial charge on any atom is -0.354 e. The lowest BCUT2D eigenvalue weighted by atomic mass is 10.2. The Bertz CT molecular complexity index is 657. The van der Waals surface area contributed by atoms with Gasteiger partial charge in [-0.05, 0) is 37.7 Å². The van der Waals surface area contributed by atoms with Crippen LogP contribution in [0.2, 0.25) is 0 Å². The Kier molecular flexibility index (Phi) is 6.98. The third-order valence-electron chi connectivity index (χ3n) is 4.01. The van der Waals surface area contributed by atoms with Gasteiger partial charge in [-0.25, -0.2) is 13.2 Å². The lowest BCUT2D eigenvalue weighted by Gasteiger charge is -2.17. The predicted octanol–water partition coefficient (Wildman–Crippen LogP) is 2.49. The summed E-state index contributed by atoms with van der Waals surface area (Å²) in [7, 11) is 1.59. The van der Waals surface area contributed by atoms with Crippen LogP contribution in [-0.2, 0) is 4.79 Å². The molecule has 9 heteroatoms. The first-order chi connectivity index (χ1) is 11.9. The molecule has 1 aromatic carbocycles. The van der Waals surface area contributed by atoms with Crippen molar-refractivity contribution < 1.29 is 18.0 Å². The van der Waals surface area contributed by atoms with E-state index in [-0.39, 0.29) is 12.6 Å². The van der Waals surface area contributed by atoms with E-state index < -0.39 is 29.0 Å². The van der Waals surface area contributed by atoms with E-state index in [4.69, 9.17) is 0 Å². The molecule has 1 amide bonds. The van der Waals surface area contributed by atoms with E-state index in [0.29, 0.717) is 11.2 Å². The molecule has 5 nitrogen and oxygen atoms in total. The summed E-state index contributed by atoms with van der Waals surface area (Å²) >= 11 is 1.84. The highest BCUT2D eigenvalue weighted by atomic mass is 32.2. The van der Waals surface area contributed by atoms with Gasteiger partial charge in [0.15, 0.2) is 23.4 Å². The molecule has 3 N–H and O–H groups in total. The number of carbonyl (C=O) groups is 1. The third kappa shape index (κ3) is 5.29. The second-order valence-electron chi connectivity index (χ2n) is 5.71. The molecule has 2 atom stereocenters. The van der Waals surface area contributed by atoms with Gasteiger partial charge < -0.3 is 16.0 Å². The molecule has 25 heavy (non-hydrogen) atoms. The van der Waals surface area contributed by atoms with Gasteiger partial charge in [-0.3, -0.25) is 9.79 Å². The van der Waals surface area contributed by atoms with Gasteiger partial charge in [0.1, 0.15) is 0 Å². The number of aliphatic imine (C=N–C) groups is 1. The third-order valence-corrected chi connectivity index (χ3v) is 5.10. The summed E-state index contributed by atoms with van der Waals surface area (Å²) in [6.45, 7) is -0.184. The van der Waals surface area contributed by atoms with E-state index in [1.54, 1.807) is 7.05 Å². The van der Waals surface area contributed by atoms with Crippen molar-refractivity contribution >= 4 is 29.3 Å². The van der Waals surface area contributed by atoms with Gasteiger partial charge >= 0.3 is 0 Å². The van der Waals surface area contributed by atoms with Crippen LogP contribution >= 0.6 is 11.8 Å². The van der Waals surface area contributed by atoms with E-state index >= 15 is 0 Å². The Morgan fingerprint density at radius 2 is 2.04 bits per heavy atom. The van der Waals surface area contributed by atoms with Crippen LogP contribution in [0, 0.1) is 17.5 Å². The van der Waals surface area contributed by atoms with Crippen LogP contribution in [-0.4, -0.2) is 43.0 Å². The molecular weight excluding hydrogens is 353 g/mol. The molecule has 0 aliphatic heterocycles. The maximum absolute atomic E-state index is 13.5. The molecule has 0 bridgehead atoms. The van der Waals surface area contributed by atoms with Crippen molar-refractivity contribution in [3.63, 3.8) is 0 Å². The summed E-state index contributed by atoms with van der Waals surface area (Å²) in [5.74, 6) is -4.48. The van der Waals surface area contributed by atoms with Gasteiger partial charge in [0.05, 0.1) is 12.2 Å². The number of nitrogens with zero attached hydrogens (tertiary/aromatic N) is 1. The molecule has 1 fully saturated rings. The Hall–Kier alpha value is -1.90. The van der Waals surface area contributed by atoms with Crippen molar-refractivity contribution in [3.8, 4) is 0 Å². The molecule has 138 valence electrons. The molecule has 0 aromatic heterocycles. The molecule has 1 aliphatic carbocycles. The topological polar surface area (TPSA) is 65.5 Å². The fourth-order valence-electron chi connectivity index (χ4n) is 2.65. The van der Waals surface area contributed by atoms with Crippen LogP contribution < -0.4 is 16.0 Å². The second kappa shape index (κ2) is 8.98. The van der Waals surface area contributed by atoms with Gasteiger partial charge in [0, 0.05) is 18.3 Å². The number of hydrogen-bond acceptors (Lipinski definition) is 3. The largest absolute Gasteiger partial charge is 0.354 e. The van der Waals surface area contributed by atoms with Crippen molar-refractivity contribution in [1.29, 1.82) is 0 Å². The standard InChI is InChI=1S/C16H21F3N4OS/c1-20-16(22-9-3-4-10(7-9)25-2)21-8-13(24)23-12-6-5-11(17)14(18)15(12)19/h5-6,9-10H,3-4,7-8H2,1-2H3,(H,23,24)(H2,20,21,22). The molecular formula is C16H21F3N4OS. The number of carbonyl (C=O) groups excluding carboxylic acids is 1. The number of halogens is 3. The monoisotopic (exact) mass is 374 g/mol. The van der Waals surface area contributed by atoms with Crippen molar-refractivity contribution in [2.45, 2.75) is 30.6 Å². The molecule has 2 rings (SSSR count). The van der Waals surface area contributed by atoms with Crippen LogP contribution in [0.1, 0.15) is 19.3 Å². The van der Waals surface area contributed by atoms with E-state index in [9.17, 15) is 18.0 Å².